The first-order valence-corrected chi connectivity index (χ1v) is 17.6. The molecule has 0 bridgehead atoms. The molecule has 8 heteroatoms. The molecular formula is C38H46N4O3S. The van der Waals surface area contributed by atoms with E-state index in [4.69, 9.17) is 9.72 Å². The second-order valence-corrected chi connectivity index (χ2v) is 13.2. The van der Waals surface area contributed by atoms with E-state index in [0.29, 0.717) is 29.7 Å². The summed E-state index contributed by atoms with van der Waals surface area (Å²) in [5.41, 5.74) is 5.28. The Hall–Kier alpha value is -3.88. The van der Waals surface area contributed by atoms with Crippen molar-refractivity contribution in [2.45, 2.75) is 63.3 Å². The second-order valence-electron chi connectivity index (χ2n) is 12.1. The van der Waals surface area contributed by atoms with Gasteiger partial charge in [-0.05, 0) is 87.2 Å². The highest BCUT2D eigenvalue weighted by Gasteiger charge is 2.25. The number of carbonyl (C=O) groups excluding carboxylic acids is 2. The van der Waals surface area contributed by atoms with Crippen molar-refractivity contribution < 1.29 is 14.3 Å². The second kappa shape index (κ2) is 16.6. The maximum absolute atomic E-state index is 14.2. The Bertz CT molecular complexity index is 1600. The largest absolute Gasteiger partial charge is 0.497 e. The number of amides is 2. The maximum atomic E-state index is 14.2. The van der Waals surface area contributed by atoms with Gasteiger partial charge in [0.1, 0.15) is 11.8 Å². The SMILES string of the molecule is CCCCc1ccc2nc(-c3ccccc3)cc(C(=O)NC(CSCc3ccc(OC)cc3)C(=O)NCCC3CCCN3C)c2c1. The van der Waals surface area contributed by atoms with Crippen molar-refractivity contribution in [1.29, 1.82) is 0 Å². The van der Waals surface area contributed by atoms with E-state index in [0.717, 1.165) is 72.1 Å². The first-order valence-electron chi connectivity index (χ1n) is 16.4. The number of pyridine rings is 1. The summed E-state index contributed by atoms with van der Waals surface area (Å²) < 4.78 is 5.29. The van der Waals surface area contributed by atoms with E-state index < -0.39 is 6.04 Å². The van der Waals surface area contributed by atoms with Crippen molar-refractivity contribution in [3.63, 3.8) is 0 Å². The van der Waals surface area contributed by atoms with Crippen LogP contribution in [0.2, 0.25) is 0 Å². The molecule has 242 valence electrons. The number of thioether (sulfide) groups is 1. The lowest BCUT2D eigenvalue weighted by atomic mass is 9.99. The number of likely N-dealkylation sites (tertiary alicyclic amines) is 1. The minimum atomic E-state index is -0.691. The molecular weight excluding hydrogens is 593 g/mol. The van der Waals surface area contributed by atoms with Crippen LogP contribution in [0.25, 0.3) is 22.2 Å². The van der Waals surface area contributed by atoms with Crippen LogP contribution in [0.15, 0.2) is 78.9 Å². The number of nitrogens with zero attached hydrogens (tertiary/aromatic N) is 2. The molecule has 0 aliphatic carbocycles. The van der Waals surface area contributed by atoms with Crippen LogP contribution in [0.1, 0.15) is 60.5 Å². The number of aryl methyl sites for hydroxylation is 1. The number of unbranched alkanes of at least 4 members (excludes halogenated alkanes) is 1. The lowest BCUT2D eigenvalue weighted by Gasteiger charge is -2.22. The van der Waals surface area contributed by atoms with Crippen molar-refractivity contribution in [2.24, 2.45) is 0 Å². The van der Waals surface area contributed by atoms with E-state index in [2.05, 4.69) is 41.6 Å². The zero-order valence-electron chi connectivity index (χ0n) is 27.3. The molecule has 2 atom stereocenters. The average molecular weight is 639 g/mol. The molecule has 2 unspecified atom stereocenters. The molecule has 5 rings (SSSR count). The molecule has 0 radical (unpaired) electrons. The highest BCUT2D eigenvalue weighted by Crippen LogP contribution is 2.27. The normalized spacial score (nSPS) is 15.5. The molecule has 46 heavy (non-hydrogen) atoms. The van der Waals surface area contributed by atoms with Gasteiger partial charge in [0.05, 0.1) is 23.9 Å². The molecule has 0 spiro atoms. The summed E-state index contributed by atoms with van der Waals surface area (Å²) in [5, 5.41) is 7.07. The number of aromatic nitrogens is 1. The third kappa shape index (κ3) is 8.89. The summed E-state index contributed by atoms with van der Waals surface area (Å²) in [7, 11) is 3.80. The average Bonchev–Trinajstić information content (AvgIpc) is 3.50. The molecule has 1 aromatic heterocycles. The van der Waals surface area contributed by atoms with Gasteiger partial charge in [0, 0.05) is 35.0 Å². The molecule has 7 nitrogen and oxygen atoms in total. The number of ether oxygens (including phenoxy) is 1. The van der Waals surface area contributed by atoms with Gasteiger partial charge in [0.15, 0.2) is 0 Å². The Labute approximate surface area is 277 Å². The highest BCUT2D eigenvalue weighted by molar-refractivity contribution is 7.98. The predicted molar refractivity (Wildman–Crippen MR) is 189 cm³/mol. The first kappa shape index (κ1) is 33.5. The Kier molecular flexibility index (Phi) is 12.1. The van der Waals surface area contributed by atoms with Gasteiger partial charge in [-0.15, -0.1) is 0 Å². The van der Waals surface area contributed by atoms with E-state index in [-0.39, 0.29) is 11.8 Å². The molecule has 0 saturated carbocycles. The number of methoxy groups -OCH3 is 1. The van der Waals surface area contributed by atoms with E-state index in [1.165, 1.54) is 12.0 Å². The fourth-order valence-corrected chi connectivity index (χ4v) is 7.03. The van der Waals surface area contributed by atoms with Crippen molar-refractivity contribution in [3.05, 3.63) is 95.6 Å². The van der Waals surface area contributed by atoms with Crippen molar-refractivity contribution >= 4 is 34.5 Å². The van der Waals surface area contributed by atoms with Gasteiger partial charge in [0.25, 0.3) is 5.91 Å². The summed E-state index contributed by atoms with van der Waals surface area (Å²) in [6.45, 7) is 3.86. The van der Waals surface area contributed by atoms with Gasteiger partial charge in [-0.2, -0.15) is 11.8 Å². The van der Waals surface area contributed by atoms with Crippen LogP contribution in [0.5, 0.6) is 5.75 Å². The number of hydrogen-bond donors (Lipinski definition) is 2. The number of hydrogen-bond acceptors (Lipinski definition) is 6. The van der Waals surface area contributed by atoms with Crippen LogP contribution in [0.3, 0.4) is 0 Å². The monoisotopic (exact) mass is 638 g/mol. The van der Waals surface area contributed by atoms with Crippen LogP contribution < -0.4 is 15.4 Å². The Morgan fingerprint density at radius 2 is 1.83 bits per heavy atom. The van der Waals surface area contributed by atoms with Gasteiger partial charge in [-0.25, -0.2) is 4.98 Å². The van der Waals surface area contributed by atoms with Crippen LogP contribution >= 0.6 is 11.8 Å². The van der Waals surface area contributed by atoms with Gasteiger partial charge >= 0.3 is 0 Å². The number of rotatable bonds is 15. The molecule has 1 saturated heterocycles. The zero-order chi connectivity index (χ0) is 32.3. The number of carbonyl (C=O) groups is 2. The van der Waals surface area contributed by atoms with Gasteiger partial charge in [-0.3, -0.25) is 9.59 Å². The molecule has 1 aliphatic heterocycles. The van der Waals surface area contributed by atoms with Gasteiger partial charge in [-0.1, -0.05) is 61.9 Å². The third-order valence-electron chi connectivity index (χ3n) is 8.79. The molecule has 2 amide bonds. The lowest BCUT2D eigenvalue weighted by Crippen LogP contribution is -2.49. The Morgan fingerprint density at radius 3 is 2.54 bits per heavy atom. The van der Waals surface area contributed by atoms with Crippen molar-refractivity contribution in [2.75, 3.05) is 33.0 Å². The fraction of sp³-hybridized carbons (Fsp3) is 0.395. The summed E-state index contributed by atoms with van der Waals surface area (Å²) in [6.07, 6.45) is 6.37. The summed E-state index contributed by atoms with van der Waals surface area (Å²) in [6, 6.07) is 25.7. The fourth-order valence-electron chi connectivity index (χ4n) is 6.02. The van der Waals surface area contributed by atoms with E-state index in [9.17, 15) is 9.59 Å². The number of fused-ring (bicyclic) bond motifs is 1. The molecule has 3 aromatic carbocycles. The summed E-state index contributed by atoms with van der Waals surface area (Å²) in [5.74, 6) is 1.56. The smallest absolute Gasteiger partial charge is 0.252 e. The van der Waals surface area contributed by atoms with E-state index >= 15 is 0 Å². The van der Waals surface area contributed by atoms with Crippen molar-refractivity contribution in [3.8, 4) is 17.0 Å². The lowest BCUT2D eigenvalue weighted by molar-refractivity contribution is -0.122. The molecule has 4 aromatic rings. The standard InChI is InChI=1S/C38H46N4O3S/c1-4-5-10-27-16-19-34-32(23-27)33(24-35(40-34)29-11-7-6-8-12-29)37(43)41-36(26-46-25-28-14-17-31(45-3)18-15-28)38(44)39-21-20-30-13-9-22-42(30)2/h6-8,11-12,14-19,23-24,30,36H,4-5,9-10,13,20-22,25-26H2,1-3H3,(H,39,44)(H,41,43). The summed E-state index contributed by atoms with van der Waals surface area (Å²) >= 11 is 1.63. The van der Waals surface area contributed by atoms with Gasteiger partial charge in [0.2, 0.25) is 5.91 Å². The maximum Gasteiger partial charge on any atom is 0.252 e. The van der Waals surface area contributed by atoms with Crippen LogP contribution in [-0.4, -0.2) is 66.8 Å². The number of benzene rings is 3. The Balaban J connectivity index is 1.38. The third-order valence-corrected chi connectivity index (χ3v) is 9.90. The van der Waals surface area contributed by atoms with Crippen LogP contribution in [-0.2, 0) is 17.0 Å². The number of nitrogens with one attached hydrogen (secondary N) is 2. The molecule has 1 fully saturated rings. The van der Waals surface area contributed by atoms with Crippen LogP contribution in [0, 0.1) is 0 Å². The molecule has 2 N–H and O–H groups in total. The Morgan fingerprint density at radius 1 is 1.04 bits per heavy atom. The minimum Gasteiger partial charge on any atom is -0.497 e. The van der Waals surface area contributed by atoms with Crippen LogP contribution in [0.4, 0.5) is 0 Å². The first-order chi connectivity index (χ1) is 22.4. The van der Waals surface area contributed by atoms with E-state index in [1.54, 1.807) is 18.9 Å². The summed E-state index contributed by atoms with van der Waals surface area (Å²) in [4.78, 5) is 35.1. The molecule has 1 aliphatic rings. The van der Waals surface area contributed by atoms with Crippen molar-refractivity contribution in [1.82, 2.24) is 20.5 Å². The minimum absolute atomic E-state index is 0.151. The van der Waals surface area contributed by atoms with Gasteiger partial charge < -0.3 is 20.3 Å². The van der Waals surface area contributed by atoms with E-state index in [1.807, 2.05) is 66.7 Å². The zero-order valence-corrected chi connectivity index (χ0v) is 28.1. The topological polar surface area (TPSA) is 83.6 Å². The molecule has 2 heterocycles. The highest BCUT2D eigenvalue weighted by atomic mass is 32.2. The predicted octanol–water partition coefficient (Wildman–Crippen LogP) is 6.89. The quantitative estimate of drug-likeness (QED) is 0.148.